The Kier molecular flexibility index (Phi) is 10.8. The number of hydrogen-bond donors (Lipinski definition) is 2. The lowest BCUT2D eigenvalue weighted by molar-refractivity contribution is -0.135. The molecule has 9 nitrogen and oxygen atoms in total. The number of carboxylic acid groups (broad SMARTS) is 1. The molecule has 47 heavy (non-hydrogen) atoms. The fourth-order valence-electron chi connectivity index (χ4n) is 5.96. The highest BCUT2D eigenvalue weighted by molar-refractivity contribution is 8.00. The number of aryl methyl sites for hydroxylation is 3. The first kappa shape index (κ1) is 33.9. The summed E-state index contributed by atoms with van der Waals surface area (Å²) in [5.74, 6) is 0.734. The Morgan fingerprint density at radius 1 is 0.915 bits per heavy atom. The van der Waals surface area contributed by atoms with Crippen LogP contribution in [0.5, 0.6) is 17.2 Å². The Hall–Kier alpha value is -4.48. The number of amides is 1. The Bertz CT molecular complexity index is 1760. The van der Waals surface area contributed by atoms with Crippen LogP contribution in [-0.4, -0.2) is 51.4 Å². The van der Waals surface area contributed by atoms with Gasteiger partial charge in [0.1, 0.15) is 29.8 Å². The molecule has 1 atom stereocenters. The number of fused-ring (bicyclic) bond motifs is 1. The van der Waals surface area contributed by atoms with Gasteiger partial charge in [0, 0.05) is 28.8 Å². The molecule has 0 saturated heterocycles. The number of carbonyl (C=O) groups excluding carboxylic acids is 1. The van der Waals surface area contributed by atoms with Crippen LogP contribution in [0.15, 0.2) is 82.6 Å². The standard InChI is InChI=1S/C36H39N3O6S2/c1-22-17-23(2)35(24(3)18-22)47-39(21-33(40)41)30-12-8-11-29-28(30)15-16-38(29)34(25-9-7-10-26(19-25)43-4)36(42)37-46-32-14-13-27(44-5)20-31(32)45-6/h7-14,17-20,34H,15-16,21H2,1-6H3,(H,37,42)(H,40,41). The van der Waals surface area contributed by atoms with Crippen LogP contribution in [0.1, 0.15) is 33.9 Å². The molecule has 0 aliphatic carbocycles. The first-order valence-corrected chi connectivity index (χ1v) is 16.7. The normalized spacial score (nSPS) is 12.7. The fraction of sp³-hybridized carbons (Fsp3) is 0.278. The van der Waals surface area contributed by atoms with Gasteiger partial charge in [0.25, 0.3) is 5.91 Å². The molecule has 0 aromatic heterocycles. The number of benzene rings is 4. The summed E-state index contributed by atoms with van der Waals surface area (Å²) in [7, 11) is 4.76. The summed E-state index contributed by atoms with van der Waals surface area (Å²) in [6.07, 6.45) is 0.640. The molecule has 1 aliphatic rings. The third kappa shape index (κ3) is 7.58. The predicted octanol–water partition coefficient (Wildman–Crippen LogP) is 7.16. The molecule has 1 unspecified atom stereocenters. The van der Waals surface area contributed by atoms with Gasteiger partial charge in [0.15, 0.2) is 0 Å². The van der Waals surface area contributed by atoms with Crippen LogP contribution in [0.4, 0.5) is 11.4 Å². The van der Waals surface area contributed by atoms with E-state index in [1.54, 1.807) is 27.4 Å². The molecule has 0 bridgehead atoms. The van der Waals surface area contributed by atoms with E-state index >= 15 is 0 Å². The smallest absolute Gasteiger partial charge is 0.324 e. The van der Waals surface area contributed by atoms with E-state index in [-0.39, 0.29) is 12.5 Å². The highest BCUT2D eigenvalue weighted by Gasteiger charge is 2.35. The van der Waals surface area contributed by atoms with Crippen molar-refractivity contribution in [1.29, 1.82) is 0 Å². The number of nitrogens with zero attached hydrogens (tertiary/aromatic N) is 2. The summed E-state index contributed by atoms with van der Waals surface area (Å²) in [5.41, 5.74) is 6.81. The van der Waals surface area contributed by atoms with Crippen LogP contribution < -0.4 is 28.1 Å². The number of nitrogens with one attached hydrogen (secondary N) is 1. The molecular weight excluding hydrogens is 635 g/mol. The van der Waals surface area contributed by atoms with Crippen molar-refractivity contribution in [3.05, 3.63) is 101 Å². The van der Waals surface area contributed by atoms with Gasteiger partial charge in [-0.25, -0.2) is 0 Å². The minimum Gasteiger partial charge on any atom is -0.497 e. The van der Waals surface area contributed by atoms with E-state index in [1.807, 2.05) is 58.9 Å². The Morgan fingerprint density at radius 2 is 1.62 bits per heavy atom. The zero-order chi connectivity index (χ0) is 33.7. The number of ether oxygens (including phenoxy) is 3. The van der Waals surface area contributed by atoms with Crippen molar-refractivity contribution in [2.24, 2.45) is 0 Å². The SMILES string of the molecule is COc1cccc(C(C(=O)NSc2ccc(OC)cc2OC)N2CCc3c(N(CC(=O)O)Sc4c(C)cc(C)cc4C)cccc32)c1. The van der Waals surface area contributed by atoms with Crippen LogP contribution in [0.25, 0.3) is 0 Å². The molecule has 0 saturated carbocycles. The molecule has 0 fully saturated rings. The lowest BCUT2D eigenvalue weighted by Gasteiger charge is -2.31. The van der Waals surface area contributed by atoms with E-state index in [0.717, 1.165) is 49.0 Å². The zero-order valence-electron chi connectivity index (χ0n) is 27.3. The summed E-state index contributed by atoms with van der Waals surface area (Å²) in [4.78, 5) is 30.1. The van der Waals surface area contributed by atoms with Gasteiger partial charge in [-0.05, 0) is 104 Å². The van der Waals surface area contributed by atoms with Crippen LogP contribution in [0.2, 0.25) is 0 Å². The number of rotatable bonds is 13. The second kappa shape index (κ2) is 15.0. The van der Waals surface area contributed by atoms with Gasteiger partial charge in [-0.1, -0.05) is 35.9 Å². The van der Waals surface area contributed by atoms with E-state index in [2.05, 4.69) is 42.5 Å². The molecule has 4 aromatic carbocycles. The van der Waals surface area contributed by atoms with Crippen molar-refractivity contribution >= 4 is 47.1 Å². The minimum absolute atomic E-state index is 0.186. The van der Waals surface area contributed by atoms with Crippen molar-refractivity contribution < 1.29 is 28.9 Å². The Labute approximate surface area is 284 Å². The van der Waals surface area contributed by atoms with Crippen molar-refractivity contribution in [2.75, 3.05) is 43.6 Å². The average Bonchev–Trinajstić information content (AvgIpc) is 3.48. The maximum Gasteiger partial charge on any atom is 0.324 e. The van der Waals surface area contributed by atoms with E-state index in [1.165, 1.54) is 23.9 Å². The Morgan fingerprint density at radius 3 is 2.30 bits per heavy atom. The van der Waals surface area contributed by atoms with E-state index in [9.17, 15) is 14.7 Å². The highest BCUT2D eigenvalue weighted by atomic mass is 32.2. The third-order valence-electron chi connectivity index (χ3n) is 7.99. The van der Waals surface area contributed by atoms with E-state index < -0.39 is 12.0 Å². The Balaban J connectivity index is 1.51. The minimum atomic E-state index is -0.924. The number of hydrogen-bond acceptors (Lipinski definition) is 9. The monoisotopic (exact) mass is 673 g/mol. The van der Waals surface area contributed by atoms with Gasteiger partial charge in [-0.3, -0.25) is 14.3 Å². The van der Waals surface area contributed by atoms with Crippen LogP contribution in [-0.2, 0) is 16.0 Å². The third-order valence-corrected chi connectivity index (χ3v) is 10.2. The summed E-state index contributed by atoms with van der Waals surface area (Å²) < 4.78 is 21.3. The van der Waals surface area contributed by atoms with Crippen LogP contribution in [0, 0.1) is 20.8 Å². The van der Waals surface area contributed by atoms with Crippen molar-refractivity contribution in [2.45, 2.75) is 43.0 Å². The quantitative estimate of drug-likeness (QED) is 0.142. The number of aliphatic carboxylic acids is 1. The molecule has 246 valence electrons. The van der Waals surface area contributed by atoms with E-state index in [0.29, 0.717) is 30.2 Å². The summed E-state index contributed by atoms with van der Waals surface area (Å²) in [5, 5.41) is 9.94. The maximum absolute atomic E-state index is 14.2. The molecule has 0 radical (unpaired) electrons. The lowest BCUT2D eigenvalue weighted by atomic mass is 10.0. The second-order valence-corrected chi connectivity index (χ2v) is 13.1. The topological polar surface area (TPSA) is 101 Å². The first-order chi connectivity index (χ1) is 22.6. The van der Waals surface area contributed by atoms with Crippen molar-refractivity contribution in [3.8, 4) is 17.2 Å². The number of anilines is 2. The van der Waals surface area contributed by atoms with Gasteiger partial charge in [0.2, 0.25) is 0 Å². The molecular formula is C36H39N3O6S2. The van der Waals surface area contributed by atoms with Gasteiger partial charge < -0.3 is 28.5 Å². The highest BCUT2D eigenvalue weighted by Crippen LogP contribution is 2.44. The van der Waals surface area contributed by atoms with Gasteiger partial charge in [0.05, 0.1) is 31.9 Å². The van der Waals surface area contributed by atoms with Gasteiger partial charge in [-0.15, -0.1) is 0 Å². The fourth-order valence-corrected chi connectivity index (χ4v) is 7.73. The molecule has 5 rings (SSSR count). The molecule has 1 aliphatic heterocycles. The summed E-state index contributed by atoms with van der Waals surface area (Å²) in [6, 6.07) is 22.4. The summed E-state index contributed by atoms with van der Waals surface area (Å²) in [6.45, 7) is 6.54. The molecule has 4 aromatic rings. The van der Waals surface area contributed by atoms with Gasteiger partial charge in [-0.2, -0.15) is 0 Å². The van der Waals surface area contributed by atoms with Crippen LogP contribution in [0.3, 0.4) is 0 Å². The first-order valence-electron chi connectivity index (χ1n) is 15.1. The van der Waals surface area contributed by atoms with Gasteiger partial charge >= 0.3 is 5.97 Å². The average molecular weight is 674 g/mol. The molecule has 0 spiro atoms. The number of carbonyl (C=O) groups is 2. The maximum atomic E-state index is 14.2. The van der Waals surface area contributed by atoms with Crippen LogP contribution >= 0.6 is 23.9 Å². The number of carboxylic acids is 1. The van der Waals surface area contributed by atoms with Crippen molar-refractivity contribution in [1.82, 2.24) is 4.72 Å². The zero-order valence-corrected chi connectivity index (χ0v) is 29.0. The lowest BCUT2D eigenvalue weighted by Crippen LogP contribution is -2.37. The predicted molar refractivity (Wildman–Crippen MR) is 188 cm³/mol. The number of methoxy groups -OCH3 is 3. The molecule has 1 amide bonds. The second-order valence-electron chi connectivity index (χ2n) is 11.2. The largest absolute Gasteiger partial charge is 0.497 e. The summed E-state index contributed by atoms with van der Waals surface area (Å²) >= 11 is 2.62. The van der Waals surface area contributed by atoms with Crippen molar-refractivity contribution in [3.63, 3.8) is 0 Å². The van der Waals surface area contributed by atoms with E-state index in [4.69, 9.17) is 14.2 Å². The molecule has 11 heteroatoms. The molecule has 1 heterocycles. The molecule has 2 N–H and O–H groups in total.